The van der Waals surface area contributed by atoms with Crippen LogP contribution >= 0.6 is 0 Å². The SMILES string of the molecule is CCNC(=O)NC(=O)C(C)OC(=O)C1CCN(S(=O)(=O)c2c(C)c(C)cc(C)c2C)CC1. The number of carbonyl (C=O) groups excluding carboxylic acids is 3. The van der Waals surface area contributed by atoms with Crippen LogP contribution in [0, 0.1) is 33.6 Å². The van der Waals surface area contributed by atoms with Gasteiger partial charge in [-0.1, -0.05) is 6.07 Å². The molecule has 1 aliphatic heterocycles. The fourth-order valence-corrected chi connectivity index (χ4v) is 5.82. The first kappa shape index (κ1) is 25.8. The third-order valence-corrected chi connectivity index (χ3v) is 8.09. The molecule has 1 aromatic rings. The van der Waals surface area contributed by atoms with E-state index in [2.05, 4.69) is 10.6 Å². The Morgan fingerprint density at radius 3 is 2.12 bits per heavy atom. The molecule has 1 unspecified atom stereocenters. The number of urea groups is 1. The molecular weight excluding hydrogens is 434 g/mol. The second-order valence-electron chi connectivity index (χ2n) is 8.20. The molecule has 0 saturated carbocycles. The average molecular weight is 468 g/mol. The first-order valence-corrected chi connectivity index (χ1v) is 12.2. The molecule has 2 N–H and O–H groups in total. The maximum atomic E-state index is 13.4. The van der Waals surface area contributed by atoms with Crippen molar-refractivity contribution in [3.63, 3.8) is 0 Å². The number of carbonyl (C=O) groups is 3. The van der Waals surface area contributed by atoms with E-state index in [1.807, 2.05) is 33.8 Å². The maximum absolute atomic E-state index is 13.4. The fraction of sp³-hybridized carbons (Fsp3) is 0.591. The molecule has 1 atom stereocenters. The van der Waals surface area contributed by atoms with Crippen molar-refractivity contribution < 1.29 is 27.5 Å². The summed E-state index contributed by atoms with van der Waals surface area (Å²) in [6, 6.07) is 1.32. The zero-order chi connectivity index (χ0) is 24.2. The van der Waals surface area contributed by atoms with E-state index in [1.165, 1.54) is 11.2 Å². The van der Waals surface area contributed by atoms with E-state index in [4.69, 9.17) is 4.74 Å². The van der Waals surface area contributed by atoms with Gasteiger partial charge in [-0.2, -0.15) is 4.31 Å². The summed E-state index contributed by atoms with van der Waals surface area (Å²) in [6.07, 6.45) is -0.538. The van der Waals surface area contributed by atoms with Crippen LogP contribution in [0.1, 0.15) is 48.9 Å². The lowest BCUT2D eigenvalue weighted by Gasteiger charge is -2.31. The van der Waals surface area contributed by atoms with Gasteiger partial charge < -0.3 is 10.1 Å². The van der Waals surface area contributed by atoms with Gasteiger partial charge in [0, 0.05) is 19.6 Å². The van der Waals surface area contributed by atoms with E-state index in [1.54, 1.807) is 6.92 Å². The average Bonchev–Trinajstić information content (AvgIpc) is 2.72. The molecule has 1 saturated heterocycles. The van der Waals surface area contributed by atoms with Crippen molar-refractivity contribution in [2.45, 2.75) is 65.4 Å². The smallest absolute Gasteiger partial charge is 0.321 e. The molecule has 1 aliphatic rings. The summed E-state index contributed by atoms with van der Waals surface area (Å²) in [5, 5.41) is 4.52. The number of nitrogens with one attached hydrogen (secondary N) is 2. The van der Waals surface area contributed by atoms with Gasteiger partial charge in [0.15, 0.2) is 6.10 Å². The molecule has 0 bridgehead atoms. The van der Waals surface area contributed by atoms with Gasteiger partial charge in [0.05, 0.1) is 10.8 Å². The topological polar surface area (TPSA) is 122 Å². The molecule has 0 aliphatic carbocycles. The number of aryl methyl sites for hydroxylation is 2. The molecule has 9 nitrogen and oxygen atoms in total. The van der Waals surface area contributed by atoms with Crippen LogP contribution in [0.15, 0.2) is 11.0 Å². The monoisotopic (exact) mass is 467 g/mol. The number of amides is 3. The molecule has 0 radical (unpaired) electrons. The minimum Gasteiger partial charge on any atom is -0.452 e. The number of nitrogens with zero attached hydrogens (tertiary/aromatic N) is 1. The van der Waals surface area contributed by atoms with E-state index in [9.17, 15) is 22.8 Å². The number of benzene rings is 1. The summed E-state index contributed by atoms with van der Waals surface area (Å²) in [7, 11) is -3.70. The number of esters is 1. The minimum absolute atomic E-state index is 0.188. The van der Waals surface area contributed by atoms with E-state index in [0.717, 1.165) is 22.3 Å². The highest BCUT2D eigenvalue weighted by atomic mass is 32.2. The van der Waals surface area contributed by atoms with Crippen LogP contribution in [0.5, 0.6) is 0 Å². The summed E-state index contributed by atoms with van der Waals surface area (Å²) in [5.74, 6) is -1.80. The molecule has 178 valence electrons. The molecule has 0 aromatic heterocycles. The molecule has 10 heteroatoms. The Morgan fingerprint density at radius 1 is 1.09 bits per heavy atom. The van der Waals surface area contributed by atoms with Gasteiger partial charge in [-0.3, -0.25) is 14.9 Å². The quantitative estimate of drug-likeness (QED) is 0.618. The van der Waals surface area contributed by atoms with E-state index >= 15 is 0 Å². The number of rotatable bonds is 6. The Labute approximate surface area is 189 Å². The van der Waals surface area contributed by atoms with Gasteiger partial charge in [-0.15, -0.1) is 0 Å². The lowest BCUT2D eigenvalue weighted by Crippen LogP contribution is -2.46. The third-order valence-electron chi connectivity index (χ3n) is 5.92. The number of imide groups is 1. The van der Waals surface area contributed by atoms with Crippen LogP contribution in [0.4, 0.5) is 4.79 Å². The molecule has 0 spiro atoms. The van der Waals surface area contributed by atoms with Crippen LogP contribution in [0.25, 0.3) is 0 Å². The lowest BCUT2D eigenvalue weighted by atomic mass is 9.98. The predicted octanol–water partition coefficient (Wildman–Crippen LogP) is 2.10. The Kier molecular flexibility index (Phi) is 8.41. The van der Waals surface area contributed by atoms with Crippen LogP contribution in [0.2, 0.25) is 0 Å². The van der Waals surface area contributed by atoms with E-state index < -0.39 is 40.0 Å². The molecule has 1 aromatic carbocycles. The van der Waals surface area contributed by atoms with Gasteiger partial charge in [-0.05, 0) is 76.6 Å². The first-order chi connectivity index (χ1) is 14.9. The number of piperidine rings is 1. The summed E-state index contributed by atoms with van der Waals surface area (Å²) in [4.78, 5) is 36.2. The summed E-state index contributed by atoms with van der Waals surface area (Å²) in [6.45, 7) is 11.2. The summed E-state index contributed by atoms with van der Waals surface area (Å²) in [5.41, 5.74) is 3.32. The number of hydrogen-bond acceptors (Lipinski definition) is 6. The first-order valence-electron chi connectivity index (χ1n) is 10.8. The van der Waals surface area contributed by atoms with Crippen molar-refractivity contribution in [1.82, 2.24) is 14.9 Å². The van der Waals surface area contributed by atoms with Crippen molar-refractivity contribution in [2.24, 2.45) is 5.92 Å². The Balaban J connectivity index is 2.02. The van der Waals surface area contributed by atoms with Crippen molar-refractivity contribution in [3.05, 3.63) is 28.3 Å². The molecule has 32 heavy (non-hydrogen) atoms. The Morgan fingerprint density at radius 2 is 1.62 bits per heavy atom. The maximum Gasteiger partial charge on any atom is 0.321 e. The van der Waals surface area contributed by atoms with E-state index in [-0.39, 0.29) is 13.1 Å². The highest BCUT2D eigenvalue weighted by Gasteiger charge is 2.35. The standard InChI is InChI=1S/C22H33N3O6S/c1-7-23-22(28)24-20(26)17(6)31-21(27)18-8-10-25(11-9-18)32(29,30)19-15(4)13(2)12-14(3)16(19)5/h12,17-18H,7-11H2,1-6H3,(H2,23,24,26,28). The molecular formula is C22H33N3O6S. The van der Waals surface area contributed by atoms with Crippen molar-refractivity contribution >= 4 is 27.9 Å². The largest absolute Gasteiger partial charge is 0.452 e. The minimum atomic E-state index is -3.70. The number of sulfonamides is 1. The molecule has 1 fully saturated rings. The highest BCUT2D eigenvalue weighted by Crippen LogP contribution is 2.31. The molecule has 1 heterocycles. The van der Waals surface area contributed by atoms with Crippen LogP contribution in [-0.2, 0) is 24.3 Å². The van der Waals surface area contributed by atoms with Gasteiger partial charge in [0.25, 0.3) is 5.91 Å². The highest BCUT2D eigenvalue weighted by molar-refractivity contribution is 7.89. The molecule has 2 rings (SSSR count). The van der Waals surface area contributed by atoms with Crippen LogP contribution in [0.3, 0.4) is 0 Å². The Hall–Kier alpha value is -2.46. The van der Waals surface area contributed by atoms with Gasteiger partial charge in [-0.25, -0.2) is 13.2 Å². The Bertz CT molecular complexity index is 971. The van der Waals surface area contributed by atoms with E-state index in [0.29, 0.717) is 24.3 Å². The van der Waals surface area contributed by atoms with Gasteiger partial charge >= 0.3 is 12.0 Å². The van der Waals surface area contributed by atoms with Crippen molar-refractivity contribution in [1.29, 1.82) is 0 Å². The predicted molar refractivity (Wildman–Crippen MR) is 120 cm³/mol. The summed E-state index contributed by atoms with van der Waals surface area (Å²) < 4.78 is 33.3. The third kappa shape index (κ3) is 5.66. The van der Waals surface area contributed by atoms with Crippen LogP contribution in [-0.4, -0.2) is 56.4 Å². The number of ether oxygens (including phenoxy) is 1. The van der Waals surface area contributed by atoms with Crippen LogP contribution < -0.4 is 10.6 Å². The van der Waals surface area contributed by atoms with Gasteiger partial charge in [0.1, 0.15) is 0 Å². The summed E-state index contributed by atoms with van der Waals surface area (Å²) >= 11 is 0. The second-order valence-corrected chi connectivity index (χ2v) is 10.1. The lowest BCUT2D eigenvalue weighted by molar-refractivity contribution is -0.159. The zero-order valence-corrected chi connectivity index (χ0v) is 20.4. The number of hydrogen-bond donors (Lipinski definition) is 2. The van der Waals surface area contributed by atoms with Crippen molar-refractivity contribution in [2.75, 3.05) is 19.6 Å². The normalized spacial score (nSPS) is 16.3. The van der Waals surface area contributed by atoms with Gasteiger partial charge in [0.2, 0.25) is 10.0 Å². The molecule has 3 amide bonds. The zero-order valence-electron chi connectivity index (χ0n) is 19.6. The fourth-order valence-electron chi connectivity index (χ4n) is 3.77. The van der Waals surface area contributed by atoms with Crippen molar-refractivity contribution in [3.8, 4) is 0 Å². The second kappa shape index (κ2) is 10.4.